The molecule has 0 spiro atoms. The molecule has 0 saturated carbocycles. The van der Waals surface area contributed by atoms with Gasteiger partial charge in [0.25, 0.3) is 0 Å². The molecule has 1 atom stereocenters. The first-order valence-corrected chi connectivity index (χ1v) is 8.96. The lowest BCUT2D eigenvalue weighted by Crippen LogP contribution is -2.24. The van der Waals surface area contributed by atoms with Gasteiger partial charge >= 0.3 is 5.97 Å². The molecule has 0 saturated heterocycles. The van der Waals surface area contributed by atoms with Gasteiger partial charge in [0, 0.05) is 4.88 Å². The summed E-state index contributed by atoms with van der Waals surface area (Å²) in [5.41, 5.74) is 1.97. The Hall–Kier alpha value is -2.21. The van der Waals surface area contributed by atoms with E-state index >= 15 is 0 Å². The molecule has 1 amide bonds. The second-order valence-electron chi connectivity index (χ2n) is 5.79. The van der Waals surface area contributed by atoms with Crippen LogP contribution in [0.1, 0.15) is 29.5 Å². The fourth-order valence-electron chi connectivity index (χ4n) is 2.83. The Morgan fingerprint density at radius 3 is 2.88 bits per heavy atom. The number of ether oxygens (including phenoxy) is 1. The fourth-order valence-corrected chi connectivity index (χ4v) is 3.94. The van der Waals surface area contributed by atoms with Crippen LogP contribution in [0.5, 0.6) is 0 Å². The summed E-state index contributed by atoms with van der Waals surface area (Å²) in [6.07, 6.45) is 2.49. The molecule has 1 aliphatic carbocycles. The van der Waals surface area contributed by atoms with Crippen molar-refractivity contribution in [2.24, 2.45) is 5.92 Å². The Morgan fingerprint density at radius 2 is 2.12 bits per heavy atom. The number of aryl methyl sites for hydroxylation is 1. The number of anilines is 1. The van der Waals surface area contributed by atoms with Crippen molar-refractivity contribution in [3.8, 4) is 0 Å². The maximum atomic E-state index is 12.1. The van der Waals surface area contributed by atoms with Crippen LogP contribution >= 0.6 is 11.3 Å². The smallest absolute Gasteiger partial charge is 0.309 e. The van der Waals surface area contributed by atoms with Crippen molar-refractivity contribution in [3.63, 3.8) is 0 Å². The van der Waals surface area contributed by atoms with Crippen LogP contribution in [-0.2, 0) is 33.6 Å². The average molecular weight is 344 g/mol. The molecular weight excluding hydrogens is 324 g/mol. The van der Waals surface area contributed by atoms with E-state index < -0.39 is 0 Å². The van der Waals surface area contributed by atoms with Crippen LogP contribution < -0.4 is 5.32 Å². The maximum absolute atomic E-state index is 12.1. The first-order valence-electron chi connectivity index (χ1n) is 8.14. The van der Waals surface area contributed by atoms with Crippen LogP contribution in [0.3, 0.4) is 0 Å². The number of aromatic nitrogens is 1. The van der Waals surface area contributed by atoms with Crippen LogP contribution in [0.2, 0.25) is 0 Å². The Morgan fingerprint density at radius 1 is 1.33 bits per heavy atom. The Bertz CT molecular complexity index is 727. The number of nitrogens with one attached hydrogen (secondary N) is 1. The molecule has 1 N–H and O–H groups in total. The fraction of sp³-hybridized carbons (Fsp3) is 0.389. The molecule has 1 aliphatic rings. The lowest BCUT2D eigenvalue weighted by molar-refractivity contribution is -0.148. The van der Waals surface area contributed by atoms with Crippen molar-refractivity contribution in [2.75, 3.05) is 11.9 Å². The van der Waals surface area contributed by atoms with Crippen LogP contribution in [0.4, 0.5) is 5.13 Å². The number of fused-ring (bicyclic) bond motifs is 1. The molecule has 2 aromatic rings. The number of thiazole rings is 1. The highest BCUT2D eigenvalue weighted by molar-refractivity contribution is 7.15. The summed E-state index contributed by atoms with van der Waals surface area (Å²) >= 11 is 1.46. The van der Waals surface area contributed by atoms with E-state index in [2.05, 4.69) is 10.3 Å². The van der Waals surface area contributed by atoms with E-state index in [0.29, 0.717) is 24.6 Å². The zero-order valence-electron chi connectivity index (χ0n) is 13.6. The van der Waals surface area contributed by atoms with Gasteiger partial charge in [-0.15, -0.1) is 11.3 Å². The summed E-state index contributed by atoms with van der Waals surface area (Å²) in [5.74, 6) is -0.300. The van der Waals surface area contributed by atoms with Crippen molar-refractivity contribution in [2.45, 2.75) is 32.6 Å². The number of amides is 1. The lowest BCUT2D eigenvalue weighted by atomic mass is 9.91. The highest BCUT2D eigenvalue weighted by Crippen LogP contribution is 2.32. The molecule has 0 aliphatic heterocycles. The second-order valence-corrected chi connectivity index (χ2v) is 6.87. The molecule has 5 nitrogen and oxygen atoms in total. The third kappa shape index (κ3) is 4.00. The number of carbonyl (C=O) groups is 2. The van der Waals surface area contributed by atoms with Crippen molar-refractivity contribution in [1.82, 2.24) is 4.98 Å². The van der Waals surface area contributed by atoms with Gasteiger partial charge in [-0.05, 0) is 31.7 Å². The van der Waals surface area contributed by atoms with E-state index in [9.17, 15) is 9.59 Å². The van der Waals surface area contributed by atoms with Crippen molar-refractivity contribution < 1.29 is 14.3 Å². The molecule has 1 aromatic carbocycles. The summed E-state index contributed by atoms with van der Waals surface area (Å²) in [6.45, 7) is 2.23. The number of nitrogens with zero attached hydrogens (tertiary/aromatic N) is 1. The first-order chi connectivity index (χ1) is 11.7. The molecule has 1 heterocycles. The molecular formula is C18H20N2O3S. The summed E-state index contributed by atoms with van der Waals surface area (Å²) in [5, 5.41) is 3.49. The van der Waals surface area contributed by atoms with Crippen molar-refractivity contribution >= 4 is 28.3 Å². The SMILES string of the molecule is CCOC(=O)C1CCc2nc(NC(=O)Cc3ccccc3)sc2C1. The predicted octanol–water partition coefficient (Wildman–Crippen LogP) is 2.99. The van der Waals surface area contributed by atoms with E-state index in [1.807, 2.05) is 37.3 Å². The molecule has 0 bridgehead atoms. The van der Waals surface area contributed by atoms with Gasteiger partial charge in [-0.1, -0.05) is 30.3 Å². The van der Waals surface area contributed by atoms with Gasteiger partial charge in [-0.2, -0.15) is 0 Å². The molecule has 0 fully saturated rings. The third-order valence-corrected chi connectivity index (χ3v) is 5.05. The van der Waals surface area contributed by atoms with E-state index in [4.69, 9.17) is 4.74 Å². The van der Waals surface area contributed by atoms with Gasteiger partial charge < -0.3 is 10.1 Å². The van der Waals surface area contributed by atoms with Gasteiger partial charge in [0.2, 0.25) is 5.91 Å². The number of benzene rings is 1. The number of rotatable bonds is 5. The molecule has 1 unspecified atom stereocenters. The molecule has 24 heavy (non-hydrogen) atoms. The number of esters is 1. The Labute approximate surface area is 145 Å². The van der Waals surface area contributed by atoms with Gasteiger partial charge in [0.05, 0.1) is 24.6 Å². The summed E-state index contributed by atoms with van der Waals surface area (Å²) in [6, 6.07) is 9.61. The minimum atomic E-state index is -0.133. The Kier molecular flexibility index (Phi) is 5.25. The maximum Gasteiger partial charge on any atom is 0.309 e. The van der Waals surface area contributed by atoms with Crippen LogP contribution in [0.15, 0.2) is 30.3 Å². The molecule has 1 aromatic heterocycles. The van der Waals surface area contributed by atoms with E-state index in [1.165, 1.54) is 11.3 Å². The second kappa shape index (κ2) is 7.57. The van der Waals surface area contributed by atoms with Gasteiger partial charge in [-0.3, -0.25) is 9.59 Å². The van der Waals surface area contributed by atoms with Gasteiger partial charge in [-0.25, -0.2) is 4.98 Å². The van der Waals surface area contributed by atoms with Crippen molar-refractivity contribution in [1.29, 1.82) is 0 Å². The topological polar surface area (TPSA) is 68.3 Å². The Balaban J connectivity index is 1.61. The third-order valence-electron chi connectivity index (χ3n) is 4.01. The summed E-state index contributed by atoms with van der Waals surface area (Å²) < 4.78 is 5.11. The molecule has 126 valence electrons. The molecule has 3 rings (SSSR count). The zero-order chi connectivity index (χ0) is 16.9. The molecule has 0 radical (unpaired) electrons. The minimum absolute atomic E-state index is 0.0748. The van der Waals surface area contributed by atoms with Crippen LogP contribution in [-0.4, -0.2) is 23.5 Å². The zero-order valence-corrected chi connectivity index (χ0v) is 14.4. The standard InChI is InChI=1S/C18H20N2O3S/c1-2-23-17(22)13-8-9-14-15(11-13)24-18(19-14)20-16(21)10-12-6-4-3-5-7-12/h3-7,13H,2,8-11H2,1H3,(H,19,20,21). The van der Waals surface area contributed by atoms with E-state index in [1.54, 1.807) is 0 Å². The van der Waals surface area contributed by atoms with Crippen LogP contribution in [0.25, 0.3) is 0 Å². The highest BCUT2D eigenvalue weighted by atomic mass is 32.1. The van der Waals surface area contributed by atoms with Crippen LogP contribution in [0, 0.1) is 5.92 Å². The summed E-state index contributed by atoms with van der Waals surface area (Å²) in [7, 11) is 0. The lowest BCUT2D eigenvalue weighted by Gasteiger charge is -2.18. The van der Waals surface area contributed by atoms with E-state index in [0.717, 1.165) is 29.0 Å². The number of hydrogen-bond donors (Lipinski definition) is 1. The predicted molar refractivity (Wildman–Crippen MR) is 93.0 cm³/mol. The quantitative estimate of drug-likeness (QED) is 0.847. The normalized spacial score (nSPS) is 16.3. The largest absolute Gasteiger partial charge is 0.466 e. The average Bonchev–Trinajstić information content (AvgIpc) is 2.97. The number of hydrogen-bond acceptors (Lipinski definition) is 5. The monoisotopic (exact) mass is 344 g/mol. The molecule has 6 heteroatoms. The number of carbonyl (C=O) groups excluding carboxylic acids is 2. The minimum Gasteiger partial charge on any atom is -0.466 e. The highest BCUT2D eigenvalue weighted by Gasteiger charge is 2.28. The van der Waals surface area contributed by atoms with E-state index in [-0.39, 0.29) is 17.8 Å². The summed E-state index contributed by atoms with van der Waals surface area (Å²) in [4.78, 5) is 29.6. The van der Waals surface area contributed by atoms with Crippen molar-refractivity contribution in [3.05, 3.63) is 46.5 Å². The van der Waals surface area contributed by atoms with Gasteiger partial charge in [0.1, 0.15) is 0 Å². The van der Waals surface area contributed by atoms with Gasteiger partial charge in [0.15, 0.2) is 5.13 Å². The first kappa shape index (κ1) is 16.6.